The van der Waals surface area contributed by atoms with Crippen LogP contribution < -0.4 is 5.32 Å². The Labute approximate surface area is 139 Å². The zero-order valence-electron chi connectivity index (χ0n) is 14.2. The maximum Gasteiger partial charge on any atom is 0.321 e. The van der Waals surface area contributed by atoms with Crippen LogP contribution in [0.2, 0.25) is 0 Å². The van der Waals surface area contributed by atoms with Crippen molar-refractivity contribution in [2.75, 3.05) is 31.5 Å². The van der Waals surface area contributed by atoms with Gasteiger partial charge in [0.1, 0.15) is 0 Å². The fraction of sp³-hybridized carbons (Fsp3) is 0.632. The minimum Gasteiger partial charge on any atom is -0.324 e. The Morgan fingerprint density at radius 1 is 1.13 bits per heavy atom. The summed E-state index contributed by atoms with van der Waals surface area (Å²) in [6.07, 6.45) is 6.39. The first-order valence-electron chi connectivity index (χ1n) is 9.07. The number of hydrogen-bond acceptors (Lipinski definition) is 2. The molecule has 0 aliphatic carbocycles. The van der Waals surface area contributed by atoms with E-state index >= 15 is 0 Å². The normalized spacial score (nSPS) is 26.0. The van der Waals surface area contributed by atoms with Crippen molar-refractivity contribution in [2.24, 2.45) is 5.92 Å². The number of anilines is 1. The van der Waals surface area contributed by atoms with Gasteiger partial charge in [-0.05, 0) is 57.2 Å². The summed E-state index contributed by atoms with van der Waals surface area (Å²) < 4.78 is 0. The highest BCUT2D eigenvalue weighted by Crippen LogP contribution is 2.23. The molecule has 0 radical (unpaired) electrons. The van der Waals surface area contributed by atoms with Crippen molar-refractivity contribution in [3.8, 4) is 0 Å². The second kappa shape index (κ2) is 7.82. The molecule has 0 bridgehead atoms. The van der Waals surface area contributed by atoms with Crippen LogP contribution in [0, 0.1) is 5.92 Å². The predicted octanol–water partition coefficient (Wildman–Crippen LogP) is 3.80. The van der Waals surface area contributed by atoms with Gasteiger partial charge in [0.2, 0.25) is 0 Å². The van der Waals surface area contributed by atoms with Crippen molar-refractivity contribution in [3.05, 3.63) is 30.3 Å². The van der Waals surface area contributed by atoms with E-state index in [-0.39, 0.29) is 6.03 Å². The summed E-state index contributed by atoms with van der Waals surface area (Å²) in [6.45, 7) is 6.50. The molecule has 126 valence electrons. The summed E-state index contributed by atoms with van der Waals surface area (Å²) in [7, 11) is 0. The Bertz CT molecular complexity index is 505. The number of carbonyl (C=O) groups is 1. The van der Waals surface area contributed by atoms with E-state index in [0.29, 0.717) is 12.0 Å². The quantitative estimate of drug-likeness (QED) is 0.921. The van der Waals surface area contributed by atoms with Gasteiger partial charge in [0.25, 0.3) is 0 Å². The Morgan fingerprint density at radius 3 is 2.74 bits per heavy atom. The predicted molar refractivity (Wildman–Crippen MR) is 94.6 cm³/mol. The molecular formula is C19H29N3O. The molecular weight excluding hydrogens is 286 g/mol. The molecule has 0 aromatic heterocycles. The van der Waals surface area contributed by atoms with Crippen molar-refractivity contribution >= 4 is 11.7 Å². The van der Waals surface area contributed by atoms with Crippen molar-refractivity contribution in [3.63, 3.8) is 0 Å². The smallest absolute Gasteiger partial charge is 0.321 e. The minimum absolute atomic E-state index is 0.0487. The van der Waals surface area contributed by atoms with Gasteiger partial charge in [-0.3, -0.25) is 0 Å². The number of piperidine rings is 2. The third kappa shape index (κ3) is 4.47. The van der Waals surface area contributed by atoms with Crippen LogP contribution in [-0.4, -0.2) is 48.1 Å². The first-order valence-corrected chi connectivity index (χ1v) is 9.07. The average molecular weight is 315 g/mol. The zero-order chi connectivity index (χ0) is 16.1. The molecule has 2 aliphatic rings. The molecule has 1 aromatic carbocycles. The molecule has 2 heterocycles. The van der Waals surface area contributed by atoms with E-state index in [9.17, 15) is 4.79 Å². The molecule has 2 amide bonds. The Kier molecular flexibility index (Phi) is 5.55. The van der Waals surface area contributed by atoms with Gasteiger partial charge in [-0.25, -0.2) is 4.79 Å². The summed E-state index contributed by atoms with van der Waals surface area (Å²) in [4.78, 5) is 17.1. The molecule has 0 saturated carbocycles. The molecule has 2 fully saturated rings. The fourth-order valence-corrected chi connectivity index (χ4v) is 3.88. The summed E-state index contributed by atoms with van der Waals surface area (Å²) in [5, 5.41) is 3.02. The Hall–Kier alpha value is -1.55. The highest BCUT2D eigenvalue weighted by atomic mass is 16.2. The maximum atomic E-state index is 12.5. The van der Waals surface area contributed by atoms with Crippen LogP contribution in [-0.2, 0) is 0 Å². The highest BCUT2D eigenvalue weighted by molar-refractivity contribution is 5.89. The third-order valence-corrected chi connectivity index (χ3v) is 5.26. The van der Waals surface area contributed by atoms with Gasteiger partial charge in [-0.1, -0.05) is 24.6 Å². The van der Waals surface area contributed by atoms with Crippen LogP contribution >= 0.6 is 0 Å². The van der Waals surface area contributed by atoms with Gasteiger partial charge < -0.3 is 15.1 Å². The van der Waals surface area contributed by atoms with Crippen LogP contribution in [0.25, 0.3) is 0 Å². The van der Waals surface area contributed by atoms with E-state index in [2.05, 4.69) is 17.1 Å². The van der Waals surface area contributed by atoms with Gasteiger partial charge in [0.05, 0.1) is 0 Å². The first kappa shape index (κ1) is 16.3. The second-order valence-electron chi connectivity index (χ2n) is 7.09. The van der Waals surface area contributed by atoms with Gasteiger partial charge >= 0.3 is 6.03 Å². The first-order chi connectivity index (χ1) is 11.2. The lowest BCUT2D eigenvalue weighted by Crippen LogP contribution is -2.47. The number of benzene rings is 1. The minimum atomic E-state index is 0.0487. The zero-order valence-corrected chi connectivity index (χ0v) is 14.2. The molecule has 1 N–H and O–H groups in total. The maximum absolute atomic E-state index is 12.5. The van der Waals surface area contributed by atoms with Crippen LogP contribution in [0.5, 0.6) is 0 Å². The number of likely N-dealkylation sites (tertiary alicyclic amines) is 2. The number of rotatable bonds is 3. The van der Waals surface area contributed by atoms with Gasteiger partial charge in [-0.2, -0.15) is 0 Å². The number of nitrogens with zero attached hydrogens (tertiary/aromatic N) is 2. The van der Waals surface area contributed by atoms with Gasteiger partial charge in [0.15, 0.2) is 0 Å². The van der Waals surface area contributed by atoms with Crippen molar-refractivity contribution in [1.82, 2.24) is 9.80 Å². The highest BCUT2D eigenvalue weighted by Gasteiger charge is 2.27. The number of amides is 2. The summed E-state index contributed by atoms with van der Waals surface area (Å²) in [5.74, 6) is 0.617. The van der Waals surface area contributed by atoms with Crippen LogP contribution in [0.15, 0.2) is 30.3 Å². The molecule has 2 aliphatic heterocycles. The summed E-state index contributed by atoms with van der Waals surface area (Å²) >= 11 is 0. The lowest BCUT2D eigenvalue weighted by molar-refractivity contribution is 0.104. The van der Waals surface area contributed by atoms with E-state index in [1.54, 1.807) is 0 Å². The van der Waals surface area contributed by atoms with E-state index in [4.69, 9.17) is 0 Å². The van der Waals surface area contributed by atoms with Gasteiger partial charge in [0, 0.05) is 31.4 Å². The van der Waals surface area contributed by atoms with E-state index in [1.165, 1.54) is 32.2 Å². The number of hydrogen-bond donors (Lipinski definition) is 1. The molecule has 0 spiro atoms. The van der Waals surface area contributed by atoms with Crippen molar-refractivity contribution in [1.29, 1.82) is 0 Å². The fourth-order valence-electron chi connectivity index (χ4n) is 3.88. The van der Waals surface area contributed by atoms with Crippen molar-refractivity contribution < 1.29 is 4.79 Å². The molecule has 0 unspecified atom stereocenters. The number of carbonyl (C=O) groups excluding carboxylic acids is 1. The molecule has 4 nitrogen and oxygen atoms in total. The summed E-state index contributed by atoms with van der Waals surface area (Å²) in [5.41, 5.74) is 0.879. The monoisotopic (exact) mass is 315 g/mol. The second-order valence-corrected chi connectivity index (χ2v) is 7.09. The van der Waals surface area contributed by atoms with Crippen LogP contribution in [0.3, 0.4) is 0 Å². The molecule has 23 heavy (non-hydrogen) atoms. The SMILES string of the molecule is C[C@@H]1CCCCN1C[C@H]1CCCN(C(=O)Nc2ccccc2)C1. The van der Waals surface area contributed by atoms with Gasteiger partial charge in [-0.15, -0.1) is 0 Å². The van der Waals surface area contributed by atoms with E-state index < -0.39 is 0 Å². The van der Waals surface area contributed by atoms with Crippen LogP contribution in [0.4, 0.5) is 10.5 Å². The largest absolute Gasteiger partial charge is 0.324 e. The van der Waals surface area contributed by atoms with Crippen LogP contribution in [0.1, 0.15) is 39.0 Å². The number of urea groups is 1. The topological polar surface area (TPSA) is 35.6 Å². The lowest BCUT2D eigenvalue weighted by Gasteiger charge is -2.39. The lowest BCUT2D eigenvalue weighted by atomic mass is 9.95. The van der Waals surface area contributed by atoms with E-state index in [1.807, 2.05) is 35.2 Å². The van der Waals surface area contributed by atoms with E-state index in [0.717, 1.165) is 31.7 Å². The third-order valence-electron chi connectivity index (χ3n) is 5.26. The molecule has 2 saturated heterocycles. The number of para-hydroxylation sites is 1. The van der Waals surface area contributed by atoms with Crippen molar-refractivity contribution in [2.45, 2.75) is 45.1 Å². The molecule has 2 atom stereocenters. The molecule has 4 heteroatoms. The molecule has 3 rings (SSSR count). The molecule has 1 aromatic rings. The standard InChI is InChI=1S/C19H29N3O/c1-16-8-5-6-12-21(16)14-17-9-7-13-22(15-17)19(23)20-18-10-3-2-4-11-18/h2-4,10-11,16-17H,5-9,12-15H2,1H3,(H,20,23)/t16-,17-/m1/s1. The summed E-state index contributed by atoms with van der Waals surface area (Å²) in [6, 6.07) is 10.5. The Morgan fingerprint density at radius 2 is 1.96 bits per heavy atom. The number of nitrogens with one attached hydrogen (secondary N) is 1. The average Bonchev–Trinajstić information content (AvgIpc) is 2.58. The Balaban J connectivity index is 1.52.